The van der Waals surface area contributed by atoms with Crippen molar-refractivity contribution in [1.29, 1.82) is 0 Å². The predicted octanol–water partition coefficient (Wildman–Crippen LogP) is 3.56. The van der Waals surface area contributed by atoms with Gasteiger partial charge in [0.25, 0.3) is 0 Å². The molecule has 2 saturated heterocycles. The Labute approximate surface area is 194 Å². The molecule has 2 aliphatic rings. The largest absolute Gasteiger partial charge is 0.353 e. The van der Waals surface area contributed by atoms with Crippen LogP contribution in [0.1, 0.15) is 47.5 Å². The summed E-state index contributed by atoms with van der Waals surface area (Å²) in [5, 5.41) is 0.884. The topological polar surface area (TPSA) is 69.6 Å². The minimum atomic E-state index is -0.391. The molecule has 2 aliphatic heterocycles. The molecule has 9 heteroatoms. The first-order valence-corrected chi connectivity index (χ1v) is 12.4. The summed E-state index contributed by atoms with van der Waals surface area (Å²) in [5.74, 6) is 2.05. The van der Waals surface area contributed by atoms with Gasteiger partial charge in [-0.25, -0.2) is 9.97 Å². The van der Waals surface area contributed by atoms with E-state index in [1.165, 1.54) is 11.8 Å². The highest BCUT2D eigenvalue weighted by Gasteiger charge is 2.34. The van der Waals surface area contributed by atoms with Crippen LogP contribution in [-0.2, 0) is 9.59 Å². The average Bonchev–Trinajstić information content (AvgIpc) is 2.71. The number of hydrogen-bond donors (Lipinski definition) is 0. The molecule has 7 nitrogen and oxygen atoms in total. The van der Waals surface area contributed by atoms with Crippen LogP contribution in [0.15, 0.2) is 11.2 Å². The Morgan fingerprint density at radius 1 is 1.13 bits per heavy atom. The van der Waals surface area contributed by atoms with Gasteiger partial charge in [0.15, 0.2) is 5.16 Å². The molecule has 2 fully saturated rings. The Kier molecular flexibility index (Phi) is 7.73. The number of carbonyl (C=O) groups is 2. The van der Waals surface area contributed by atoms with E-state index in [1.807, 2.05) is 30.6 Å². The summed E-state index contributed by atoms with van der Waals surface area (Å²) in [6, 6.07) is 1.83. The fraction of sp³-hybridized carbons (Fsp3) is 0.727. The SMILES string of the molecule is CC1CCN(C(=O)CSc2nc(Cl)cc(N3CCN(C(=O)C(C)(C)C)C(C)C3)n2)CC1. The molecule has 31 heavy (non-hydrogen) atoms. The molecule has 0 aromatic carbocycles. The number of amides is 2. The lowest BCUT2D eigenvalue weighted by atomic mass is 9.93. The molecule has 0 bridgehead atoms. The lowest BCUT2D eigenvalue weighted by molar-refractivity contribution is -0.142. The molecule has 1 aromatic heterocycles. The molecular weight excluding hydrogens is 434 g/mol. The normalized spacial score (nSPS) is 20.8. The van der Waals surface area contributed by atoms with Gasteiger partial charge in [0, 0.05) is 50.2 Å². The fourth-order valence-electron chi connectivity index (χ4n) is 3.99. The van der Waals surface area contributed by atoms with E-state index in [4.69, 9.17) is 11.6 Å². The van der Waals surface area contributed by atoms with Crippen molar-refractivity contribution in [2.45, 2.75) is 58.7 Å². The summed E-state index contributed by atoms with van der Waals surface area (Å²) in [6.07, 6.45) is 2.13. The summed E-state index contributed by atoms with van der Waals surface area (Å²) in [7, 11) is 0. The van der Waals surface area contributed by atoms with Crippen molar-refractivity contribution >= 4 is 41.0 Å². The van der Waals surface area contributed by atoms with E-state index < -0.39 is 5.41 Å². The van der Waals surface area contributed by atoms with Crippen molar-refractivity contribution in [2.75, 3.05) is 43.4 Å². The van der Waals surface area contributed by atoms with Gasteiger partial charge in [-0.3, -0.25) is 9.59 Å². The molecule has 1 aromatic rings. The second-order valence-corrected chi connectivity index (χ2v) is 11.1. The molecule has 2 amide bonds. The highest BCUT2D eigenvalue weighted by molar-refractivity contribution is 7.99. The van der Waals surface area contributed by atoms with Gasteiger partial charge in [-0.1, -0.05) is 51.1 Å². The van der Waals surface area contributed by atoms with E-state index in [2.05, 4.69) is 28.7 Å². The minimum Gasteiger partial charge on any atom is -0.353 e. The van der Waals surface area contributed by atoms with Crippen molar-refractivity contribution < 1.29 is 9.59 Å². The molecule has 3 heterocycles. The van der Waals surface area contributed by atoms with Crippen LogP contribution in [-0.4, -0.2) is 76.1 Å². The third-order valence-electron chi connectivity index (χ3n) is 5.98. The summed E-state index contributed by atoms with van der Waals surface area (Å²) in [6.45, 7) is 13.8. The number of nitrogens with zero attached hydrogens (tertiary/aromatic N) is 5. The Balaban J connectivity index is 1.61. The number of anilines is 1. The van der Waals surface area contributed by atoms with Gasteiger partial charge in [0.1, 0.15) is 11.0 Å². The Bertz CT molecular complexity index is 808. The molecular formula is C22H34ClN5O2S. The maximum absolute atomic E-state index is 12.7. The number of carbonyl (C=O) groups excluding carboxylic acids is 2. The summed E-state index contributed by atoms with van der Waals surface area (Å²) in [4.78, 5) is 40.2. The highest BCUT2D eigenvalue weighted by Crippen LogP contribution is 2.27. The third kappa shape index (κ3) is 6.25. The van der Waals surface area contributed by atoms with Gasteiger partial charge in [0.05, 0.1) is 5.75 Å². The van der Waals surface area contributed by atoms with Crippen LogP contribution in [0.5, 0.6) is 0 Å². The van der Waals surface area contributed by atoms with Crippen molar-refractivity contribution in [3.05, 3.63) is 11.2 Å². The maximum atomic E-state index is 12.7. The van der Waals surface area contributed by atoms with E-state index in [1.54, 1.807) is 6.07 Å². The number of piperazine rings is 1. The molecule has 1 atom stereocenters. The van der Waals surface area contributed by atoms with Crippen LogP contribution in [0.2, 0.25) is 5.15 Å². The van der Waals surface area contributed by atoms with Crippen LogP contribution in [0, 0.1) is 11.3 Å². The van der Waals surface area contributed by atoms with Crippen LogP contribution < -0.4 is 4.90 Å². The van der Waals surface area contributed by atoms with Crippen LogP contribution >= 0.6 is 23.4 Å². The number of rotatable bonds is 4. The highest BCUT2D eigenvalue weighted by atomic mass is 35.5. The first kappa shape index (κ1) is 24.1. The Morgan fingerprint density at radius 3 is 2.42 bits per heavy atom. The van der Waals surface area contributed by atoms with Crippen molar-refractivity contribution in [2.24, 2.45) is 11.3 Å². The fourth-order valence-corrected chi connectivity index (χ4v) is 4.97. The number of thioether (sulfide) groups is 1. The van der Waals surface area contributed by atoms with E-state index in [-0.39, 0.29) is 17.9 Å². The van der Waals surface area contributed by atoms with E-state index in [0.717, 1.165) is 31.7 Å². The zero-order valence-corrected chi connectivity index (χ0v) is 20.8. The number of aromatic nitrogens is 2. The van der Waals surface area contributed by atoms with Crippen molar-refractivity contribution in [3.8, 4) is 0 Å². The molecule has 0 radical (unpaired) electrons. The number of piperidine rings is 1. The molecule has 3 rings (SSSR count). The van der Waals surface area contributed by atoms with Crippen LogP contribution in [0.25, 0.3) is 0 Å². The second kappa shape index (κ2) is 9.94. The zero-order valence-electron chi connectivity index (χ0n) is 19.2. The summed E-state index contributed by atoms with van der Waals surface area (Å²) in [5.41, 5.74) is -0.391. The quantitative estimate of drug-likeness (QED) is 0.383. The van der Waals surface area contributed by atoms with Crippen molar-refractivity contribution in [1.82, 2.24) is 19.8 Å². The van der Waals surface area contributed by atoms with E-state index in [9.17, 15) is 9.59 Å². The summed E-state index contributed by atoms with van der Waals surface area (Å²) >= 11 is 7.61. The van der Waals surface area contributed by atoms with Crippen molar-refractivity contribution in [3.63, 3.8) is 0 Å². The monoisotopic (exact) mass is 467 g/mol. The third-order valence-corrected chi connectivity index (χ3v) is 7.00. The lowest BCUT2D eigenvalue weighted by Crippen LogP contribution is -2.56. The lowest BCUT2D eigenvalue weighted by Gasteiger charge is -2.42. The summed E-state index contributed by atoms with van der Waals surface area (Å²) < 4.78 is 0. The smallest absolute Gasteiger partial charge is 0.233 e. The maximum Gasteiger partial charge on any atom is 0.233 e. The predicted molar refractivity (Wildman–Crippen MR) is 126 cm³/mol. The van der Waals surface area contributed by atoms with E-state index in [0.29, 0.717) is 41.6 Å². The first-order valence-electron chi connectivity index (χ1n) is 11.1. The van der Waals surface area contributed by atoms with E-state index >= 15 is 0 Å². The van der Waals surface area contributed by atoms with Gasteiger partial charge in [-0.05, 0) is 25.7 Å². The zero-order chi connectivity index (χ0) is 22.8. The molecule has 0 spiro atoms. The standard InChI is InChI=1S/C22H34ClN5O2S/c1-15-6-8-26(9-7-15)19(29)14-31-21-24-17(23)12-18(25-21)27-10-11-28(16(2)13-27)20(30)22(3,4)5/h12,15-16H,6-11,13-14H2,1-5H3. The van der Waals surface area contributed by atoms with Crippen LogP contribution in [0.3, 0.4) is 0 Å². The second-order valence-electron chi connectivity index (χ2n) is 9.73. The van der Waals surface area contributed by atoms with Gasteiger partial charge in [-0.15, -0.1) is 0 Å². The average molecular weight is 468 g/mol. The van der Waals surface area contributed by atoms with Gasteiger partial charge in [-0.2, -0.15) is 0 Å². The molecule has 0 N–H and O–H groups in total. The van der Waals surface area contributed by atoms with Crippen LogP contribution in [0.4, 0.5) is 5.82 Å². The molecule has 172 valence electrons. The number of hydrogen-bond acceptors (Lipinski definition) is 6. The van der Waals surface area contributed by atoms with Gasteiger partial charge < -0.3 is 14.7 Å². The first-order chi connectivity index (χ1) is 14.5. The minimum absolute atomic E-state index is 0.0772. The Morgan fingerprint density at radius 2 is 1.81 bits per heavy atom. The number of likely N-dealkylation sites (tertiary alicyclic amines) is 1. The van der Waals surface area contributed by atoms with Gasteiger partial charge >= 0.3 is 0 Å². The van der Waals surface area contributed by atoms with Gasteiger partial charge in [0.2, 0.25) is 11.8 Å². The number of halogens is 1. The Hall–Kier alpha value is -1.54. The molecule has 0 saturated carbocycles. The molecule has 0 aliphatic carbocycles. The molecule has 1 unspecified atom stereocenters.